The van der Waals surface area contributed by atoms with Crippen LogP contribution < -0.4 is 0 Å². The molecule has 0 atom stereocenters. The molecule has 0 spiro atoms. The van der Waals surface area contributed by atoms with Gasteiger partial charge < -0.3 is 5.11 Å². The Morgan fingerprint density at radius 2 is 2.17 bits per heavy atom. The molecule has 0 aliphatic rings. The van der Waals surface area contributed by atoms with Gasteiger partial charge in [-0.1, -0.05) is 17.3 Å². The van der Waals surface area contributed by atoms with E-state index in [-0.39, 0.29) is 5.75 Å². The standard InChI is InChI=1S/C8H6N3O/c12-8-4-2-1-3-6(8)7-5-9-11-10-7/h1-4,12H,(H,9,10,11). The Bertz CT molecular complexity index is 370. The van der Waals surface area contributed by atoms with E-state index in [2.05, 4.69) is 21.6 Å². The summed E-state index contributed by atoms with van der Waals surface area (Å²) in [5.41, 5.74) is 1.25. The SMILES string of the molecule is Oc1ccccc1-c1[c]nn[nH]1. The van der Waals surface area contributed by atoms with Gasteiger partial charge in [0.15, 0.2) is 0 Å². The predicted octanol–water partition coefficient (Wildman–Crippen LogP) is 0.977. The lowest BCUT2D eigenvalue weighted by Gasteiger charge is -1.97. The van der Waals surface area contributed by atoms with E-state index in [0.29, 0.717) is 11.3 Å². The van der Waals surface area contributed by atoms with Crippen LogP contribution in [0.3, 0.4) is 0 Å². The van der Waals surface area contributed by atoms with Crippen molar-refractivity contribution in [3.05, 3.63) is 30.5 Å². The first-order valence-electron chi connectivity index (χ1n) is 3.45. The summed E-state index contributed by atoms with van der Waals surface area (Å²) in [6, 6.07) is 6.94. The molecule has 12 heavy (non-hydrogen) atoms. The number of hydrogen-bond acceptors (Lipinski definition) is 3. The van der Waals surface area contributed by atoms with Gasteiger partial charge in [-0.2, -0.15) is 0 Å². The van der Waals surface area contributed by atoms with Crippen LogP contribution in [0.4, 0.5) is 0 Å². The van der Waals surface area contributed by atoms with Crippen LogP contribution in [-0.4, -0.2) is 20.5 Å². The van der Waals surface area contributed by atoms with Gasteiger partial charge in [-0.15, -0.1) is 5.10 Å². The first-order chi connectivity index (χ1) is 5.88. The third-order valence-corrected chi connectivity index (χ3v) is 1.55. The molecule has 0 unspecified atom stereocenters. The van der Waals surface area contributed by atoms with Gasteiger partial charge in [-0.05, 0) is 12.1 Å². The molecule has 0 saturated carbocycles. The second kappa shape index (κ2) is 2.65. The van der Waals surface area contributed by atoms with E-state index in [0.717, 1.165) is 0 Å². The molecule has 0 bridgehead atoms. The molecule has 0 aliphatic heterocycles. The van der Waals surface area contributed by atoms with Gasteiger partial charge in [0, 0.05) is 5.56 Å². The first-order valence-corrected chi connectivity index (χ1v) is 3.45. The number of aromatic amines is 1. The second-order valence-corrected chi connectivity index (χ2v) is 2.32. The fourth-order valence-electron chi connectivity index (χ4n) is 0.980. The Hall–Kier alpha value is -1.84. The van der Waals surface area contributed by atoms with Crippen LogP contribution in [0.25, 0.3) is 11.3 Å². The molecule has 0 fully saturated rings. The molecule has 1 aromatic heterocycles. The lowest BCUT2D eigenvalue weighted by Crippen LogP contribution is -1.78. The number of phenolic OH excluding ortho intramolecular Hbond substituents is 1. The van der Waals surface area contributed by atoms with Crippen LogP contribution in [0.5, 0.6) is 5.75 Å². The van der Waals surface area contributed by atoms with E-state index in [1.54, 1.807) is 18.2 Å². The average Bonchev–Trinajstić information content (AvgIpc) is 2.57. The third kappa shape index (κ3) is 1.03. The van der Waals surface area contributed by atoms with Crippen LogP contribution in [0, 0.1) is 6.20 Å². The summed E-state index contributed by atoms with van der Waals surface area (Å²) in [4.78, 5) is 0. The topological polar surface area (TPSA) is 61.8 Å². The van der Waals surface area contributed by atoms with E-state index in [4.69, 9.17) is 0 Å². The van der Waals surface area contributed by atoms with Crippen molar-refractivity contribution in [1.29, 1.82) is 0 Å². The van der Waals surface area contributed by atoms with Crippen molar-refractivity contribution in [2.24, 2.45) is 0 Å². The maximum atomic E-state index is 9.39. The van der Waals surface area contributed by atoms with Gasteiger partial charge in [-0.3, -0.25) is 5.10 Å². The predicted molar refractivity (Wildman–Crippen MR) is 42.3 cm³/mol. The fraction of sp³-hybridized carbons (Fsp3) is 0. The number of nitrogens with one attached hydrogen (secondary N) is 1. The van der Waals surface area contributed by atoms with E-state index in [9.17, 15) is 5.11 Å². The molecule has 4 heteroatoms. The minimum absolute atomic E-state index is 0.194. The normalized spacial score (nSPS) is 10.0. The van der Waals surface area contributed by atoms with E-state index in [1.165, 1.54) is 0 Å². The number of benzene rings is 1. The number of H-pyrrole nitrogens is 1. The quantitative estimate of drug-likeness (QED) is 0.653. The Balaban J connectivity index is 2.55. The molecule has 1 aromatic carbocycles. The lowest BCUT2D eigenvalue weighted by atomic mass is 10.1. The van der Waals surface area contributed by atoms with Crippen molar-refractivity contribution in [3.8, 4) is 17.0 Å². The van der Waals surface area contributed by atoms with Gasteiger partial charge in [-0.25, -0.2) is 0 Å². The number of phenols is 1. The second-order valence-electron chi connectivity index (χ2n) is 2.32. The van der Waals surface area contributed by atoms with Gasteiger partial charge in [0.25, 0.3) is 0 Å². The van der Waals surface area contributed by atoms with Crippen LogP contribution in [0.15, 0.2) is 24.3 Å². The number of nitrogens with zero attached hydrogens (tertiary/aromatic N) is 2. The molecule has 59 valence electrons. The van der Waals surface area contributed by atoms with Gasteiger partial charge in [0.1, 0.15) is 11.9 Å². The van der Waals surface area contributed by atoms with Crippen molar-refractivity contribution in [1.82, 2.24) is 15.4 Å². The maximum absolute atomic E-state index is 9.39. The van der Waals surface area contributed by atoms with Crippen molar-refractivity contribution in [2.45, 2.75) is 0 Å². The minimum Gasteiger partial charge on any atom is -0.507 e. The summed E-state index contributed by atoms with van der Waals surface area (Å²) < 4.78 is 0. The number of aromatic hydroxyl groups is 1. The number of aromatic nitrogens is 3. The molecule has 2 aromatic rings. The van der Waals surface area contributed by atoms with E-state index in [1.807, 2.05) is 6.07 Å². The van der Waals surface area contributed by atoms with Gasteiger partial charge in [0.05, 0.1) is 5.69 Å². The number of rotatable bonds is 1. The minimum atomic E-state index is 0.194. The van der Waals surface area contributed by atoms with Crippen molar-refractivity contribution >= 4 is 0 Å². The molecule has 4 nitrogen and oxygen atoms in total. The molecule has 1 heterocycles. The highest BCUT2D eigenvalue weighted by Crippen LogP contribution is 2.25. The average molecular weight is 160 g/mol. The van der Waals surface area contributed by atoms with Gasteiger partial charge >= 0.3 is 0 Å². The Labute approximate surface area is 68.9 Å². The zero-order chi connectivity index (χ0) is 8.39. The summed E-state index contributed by atoms with van der Waals surface area (Å²) in [6.45, 7) is 0. The van der Waals surface area contributed by atoms with Crippen molar-refractivity contribution in [2.75, 3.05) is 0 Å². The highest BCUT2D eigenvalue weighted by Gasteiger charge is 2.03. The van der Waals surface area contributed by atoms with E-state index >= 15 is 0 Å². The van der Waals surface area contributed by atoms with E-state index < -0.39 is 0 Å². The first kappa shape index (κ1) is 6.84. The molecule has 2 rings (SSSR count). The fourth-order valence-corrected chi connectivity index (χ4v) is 0.980. The zero-order valence-corrected chi connectivity index (χ0v) is 6.15. The molecule has 0 amide bonds. The summed E-state index contributed by atoms with van der Waals surface area (Å²) in [6.07, 6.45) is 2.62. The van der Waals surface area contributed by atoms with Crippen LogP contribution in [0.2, 0.25) is 0 Å². The van der Waals surface area contributed by atoms with Gasteiger partial charge in [0.2, 0.25) is 0 Å². The van der Waals surface area contributed by atoms with Crippen molar-refractivity contribution in [3.63, 3.8) is 0 Å². The Morgan fingerprint density at radius 3 is 2.83 bits per heavy atom. The highest BCUT2D eigenvalue weighted by atomic mass is 16.3. The number of hydrogen-bond donors (Lipinski definition) is 2. The van der Waals surface area contributed by atoms with Crippen LogP contribution in [-0.2, 0) is 0 Å². The summed E-state index contributed by atoms with van der Waals surface area (Å²) >= 11 is 0. The smallest absolute Gasteiger partial charge is 0.143 e. The molecule has 0 saturated heterocycles. The van der Waals surface area contributed by atoms with Crippen LogP contribution >= 0.6 is 0 Å². The summed E-state index contributed by atoms with van der Waals surface area (Å²) in [5.74, 6) is 0.194. The Morgan fingerprint density at radius 1 is 1.33 bits per heavy atom. The molecular formula is C8H6N3O. The Kier molecular flexibility index (Phi) is 1.51. The zero-order valence-electron chi connectivity index (χ0n) is 6.15. The van der Waals surface area contributed by atoms with Crippen LogP contribution in [0.1, 0.15) is 0 Å². The summed E-state index contributed by atoms with van der Waals surface area (Å²) in [5, 5.41) is 19.0. The monoisotopic (exact) mass is 160 g/mol. The lowest BCUT2D eigenvalue weighted by molar-refractivity contribution is 0.477. The highest BCUT2D eigenvalue weighted by molar-refractivity contribution is 5.64. The summed E-state index contributed by atoms with van der Waals surface area (Å²) in [7, 11) is 0. The molecule has 0 aliphatic carbocycles. The molecule has 1 radical (unpaired) electrons. The maximum Gasteiger partial charge on any atom is 0.143 e. The van der Waals surface area contributed by atoms with Crippen molar-refractivity contribution < 1.29 is 5.11 Å². The molecular weight excluding hydrogens is 154 g/mol. The largest absolute Gasteiger partial charge is 0.507 e. The third-order valence-electron chi connectivity index (χ3n) is 1.55. The molecule has 2 N–H and O–H groups in total. The number of para-hydroxylation sites is 1.